The molecule has 0 atom stereocenters. The molecule has 0 fully saturated rings. The summed E-state index contributed by atoms with van der Waals surface area (Å²) in [4.78, 5) is 21.8. The van der Waals surface area contributed by atoms with E-state index in [-0.39, 0.29) is 36.4 Å². The smallest absolute Gasteiger partial charge is 0.243 e. The minimum atomic E-state index is -0.00883. The monoisotopic (exact) mass is 439 g/mol. The first-order chi connectivity index (χ1) is 10.0. The fraction of sp³-hybridized carbons (Fsp3) is 0.643. The van der Waals surface area contributed by atoms with Gasteiger partial charge in [0.1, 0.15) is 6.54 Å². The van der Waals surface area contributed by atoms with Crippen LogP contribution in [0.15, 0.2) is 10.4 Å². The molecule has 0 bridgehead atoms. The van der Waals surface area contributed by atoms with E-state index < -0.39 is 0 Å². The van der Waals surface area contributed by atoms with Crippen molar-refractivity contribution in [2.45, 2.75) is 26.7 Å². The molecule has 1 aromatic rings. The Kier molecular flexibility index (Phi) is 11.2. The van der Waals surface area contributed by atoms with Crippen molar-refractivity contribution in [2.24, 2.45) is 4.99 Å². The molecule has 1 heterocycles. The van der Waals surface area contributed by atoms with Crippen molar-refractivity contribution in [3.8, 4) is 0 Å². The Labute approximate surface area is 153 Å². The summed E-state index contributed by atoms with van der Waals surface area (Å²) in [5, 5.41) is 9.61. The SMILES string of the molecule is CCNC(=NCC(=O)N(C)C)NCCCc1nc(C)cs1.I. The number of hydrogen-bond donors (Lipinski definition) is 2. The maximum Gasteiger partial charge on any atom is 0.243 e. The van der Waals surface area contributed by atoms with Gasteiger partial charge < -0.3 is 15.5 Å². The number of carbonyl (C=O) groups excluding carboxylic acids is 1. The van der Waals surface area contributed by atoms with Gasteiger partial charge in [0.2, 0.25) is 5.91 Å². The van der Waals surface area contributed by atoms with Crippen LogP contribution in [0.1, 0.15) is 24.0 Å². The van der Waals surface area contributed by atoms with Gasteiger partial charge in [-0.3, -0.25) is 4.79 Å². The number of thiazole rings is 1. The molecule has 0 aliphatic carbocycles. The Morgan fingerprint density at radius 3 is 2.68 bits per heavy atom. The molecule has 0 aliphatic rings. The second-order valence-corrected chi connectivity index (χ2v) is 5.84. The third-order valence-corrected chi connectivity index (χ3v) is 3.77. The van der Waals surface area contributed by atoms with E-state index in [4.69, 9.17) is 0 Å². The van der Waals surface area contributed by atoms with Crippen molar-refractivity contribution in [2.75, 3.05) is 33.7 Å². The molecule has 0 saturated carbocycles. The zero-order chi connectivity index (χ0) is 15.7. The van der Waals surface area contributed by atoms with Crippen LogP contribution in [-0.2, 0) is 11.2 Å². The highest BCUT2D eigenvalue weighted by atomic mass is 127. The van der Waals surface area contributed by atoms with Crippen LogP contribution in [0.2, 0.25) is 0 Å². The molecule has 22 heavy (non-hydrogen) atoms. The fourth-order valence-corrected chi connectivity index (χ4v) is 2.41. The molecule has 1 amide bonds. The summed E-state index contributed by atoms with van der Waals surface area (Å²) >= 11 is 1.70. The maximum atomic E-state index is 11.5. The third kappa shape index (κ3) is 8.52. The zero-order valence-electron chi connectivity index (χ0n) is 13.7. The molecule has 0 spiro atoms. The van der Waals surface area contributed by atoms with Crippen molar-refractivity contribution >= 4 is 47.2 Å². The summed E-state index contributed by atoms with van der Waals surface area (Å²) in [6.07, 6.45) is 1.94. The number of aryl methyl sites for hydroxylation is 2. The second-order valence-electron chi connectivity index (χ2n) is 4.90. The van der Waals surface area contributed by atoms with E-state index in [1.165, 1.54) is 9.91 Å². The summed E-state index contributed by atoms with van der Waals surface area (Å²) < 4.78 is 0. The highest BCUT2D eigenvalue weighted by Gasteiger charge is 2.04. The Balaban J connectivity index is 0.00000441. The molecule has 2 N–H and O–H groups in total. The van der Waals surface area contributed by atoms with Crippen LogP contribution >= 0.6 is 35.3 Å². The number of aromatic nitrogens is 1. The largest absolute Gasteiger partial charge is 0.357 e. The average molecular weight is 439 g/mol. The van der Waals surface area contributed by atoms with Gasteiger partial charge in [-0.2, -0.15) is 0 Å². The number of hydrogen-bond acceptors (Lipinski definition) is 4. The van der Waals surface area contributed by atoms with E-state index in [2.05, 4.69) is 26.0 Å². The van der Waals surface area contributed by atoms with Crippen molar-refractivity contribution in [3.63, 3.8) is 0 Å². The van der Waals surface area contributed by atoms with E-state index in [0.717, 1.165) is 31.6 Å². The Morgan fingerprint density at radius 2 is 2.14 bits per heavy atom. The molecular formula is C14H26IN5OS. The van der Waals surface area contributed by atoms with Crippen LogP contribution in [-0.4, -0.2) is 55.5 Å². The fourth-order valence-electron chi connectivity index (χ4n) is 1.59. The molecule has 0 aromatic carbocycles. The summed E-state index contributed by atoms with van der Waals surface area (Å²) in [5.41, 5.74) is 1.08. The van der Waals surface area contributed by atoms with Crippen LogP contribution in [0.4, 0.5) is 0 Å². The Morgan fingerprint density at radius 1 is 1.41 bits per heavy atom. The van der Waals surface area contributed by atoms with Gasteiger partial charge in [-0.15, -0.1) is 35.3 Å². The molecule has 0 unspecified atom stereocenters. The first-order valence-corrected chi connectivity index (χ1v) is 8.04. The average Bonchev–Trinajstić information content (AvgIpc) is 2.85. The first-order valence-electron chi connectivity index (χ1n) is 7.16. The molecule has 8 heteroatoms. The van der Waals surface area contributed by atoms with Crippen molar-refractivity contribution in [3.05, 3.63) is 16.1 Å². The van der Waals surface area contributed by atoms with Crippen molar-refractivity contribution in [1.29, 1.82) is 0 Å². The normalized spacial score (nSPS) is 10.8. The van der Waals surface area contributed by atoms with Crippen molar-refractivity contribution < 1.29 is 4.79 Å². The topological polar surface area (TPSA) is 69.6 Å². The van der Waals surface area contributed by atoms with Gasteiger partial charge in [-0.1, -0.05) is 0 Å². The predicted octanol–water partition coefficient (Wildman–Crippen LogP) is 1.65. The van der Waals surface area contributed by atoms with Gasteiger partial charge in [-0.25, -0.2) is 9.98 Å². The molecule has 0 saturated heterocycles. The summed E-state index contributed by atoms with van der Waals surface area (Å²) in [6.45, 7) is 5.75. The lowest BCUT2D eigenvalue weighted by molar-refractivity contribution is -0.127. The second kappa shape index (κ2) is 11.6. The van der Waals surface area contributed by atoms with E-state index in [1.807, 2.05) is 13.8 Å². The number of nitrogens with one attached hydrogen (secondary N) is 2. The number of amides is 1. The highest BCUT2D eigenvalue weighted by molar-refractivity contribution is 14.0. The maximum absolute atomic E-state index is 11.5. The van der Waals surface area contributed by atoms with Crippen molar-refractivity contribution in [1.82, 2.24) is 20.5 Å². The van der Waals surface area contributed by atoms with Crippen LogP contribution < -0.4 is 10.6 Å². The lowest BCUT2D eigenvalue weighted by Gasteiger charge is -2.12. The van der Waals surface area contributed by atoms with Crippen LogP contribution in [0.25, 0.3) is 0 Å². The van der Waals surface area contributed by atoms with Gasteiger partial charge in [0.25, 0.3) is 0 Å². The molecule has 1 aromatic heterocycles. The Hall–Kier alpha value is -0.900. The molecule has 126 valence electrons. The van der Waals surface area contributed by atoms with Gasteiger partial charge in [-0.05, 0) is 20.3 Å². The summed E-state index contributed by atoms with van der Waals surface area (Å²) in [6, 6.07) is 0. The number of aliphatic imine (C=N–C) groups is 1. The van der Waals surface area contributed by atoms with Gasteiger partial charge in [0.05, 0.1) is 5.01 Å². The van der Waals surface area contributed by atoms with Crippen LogP contribution in [0.3, 0.4) is 0 Å². The number of rotatable bonds is 7. The van der Waals surface area contributed by atoms with E-state index in [9.17, 15) is 4.79 Å². The lowest BCUT2D eigenvalue weighted by atomic mass is 10.3. The number of nitrogens with zero attached hydrogens (tertiary/aromatic N) is 3. The Bertz CT molecular complexity index is 476. The molecule has 6 nitrogen and oxygen atoms in total. The van der Waals surface area contributed by atoms with Gasteiger partial charge in [0, 0.05) is 44.7 Å². The van der Waals surface area contributed by atoms with Gasteiger partial charge in [0.15, 0.2) is 5.96 Å². The quantitative estimate of drug-likeness (QED) is 0.294. The number of likely N-dealkylation sites (N-methyl/N-ethyl adjacent to an activating group) is 1. The minimum absolute atomic E-state index is 0. The third-order valence-electron chi connectivity index (χ3n) is 2.74. The van der Waals surface area contributed by atoms with E-state index in [1.54, 1.807) is 25.4 Å². The van der Waals surface area contributed by atoms with Crippen LogP contribution in [0, 0.1) is 6.92 Å². The van der Waals surface area contributed by atoms with Gasteiger partial charge >= 0.3 is 0 Å². The summed E-state index contributed by atoms with van der Waals surface area (Å²) in [7, 11) is 3.46. The highest BCUT2D eigenvalue weighted by Crippen LogP contribution is 2.10. The zero-order valence-corrected chi connectivity index (χ0v) is 16.8. The first kappa shape index (κ1) is 21.1. The molecule has 0 aliphatic heterocycles. The minimum Gasteiger partial charge on any atom is -0.357 e. The predicted molar refractivity (Wildman–Crippen MR) is 103 cm³/mol. The lowest BCUT2D eigenvalue weighted by Crippen LogP contribution is -2.39. The van der Waals surface area contributed by atoms with E-state index in [0.29, 0.717) is 5.96 Å². The molecular weight excluding hydrogens is 413 g/mol. The summed E-state index contributed by atoms with van der Waals surface area (Å²) in [5.74, 6) is 0.675. The standard InChI is InChI=1S/C14H25N5OS.HI/c1-5-15-14(17-9-13(20)19(3)4)16-8-6-7-12-18-11(2)10-21-12;/h10H,5-9H2,1-4H3,(H2,15,16,17);1H. The number of halogens is 1. The van der Waals surface area contributed by atoms with Crippen LogP contribution in [0.5, 0.6) is 0 Å². The number of guanidine groups is 1. The van der Waals surface area contributed by atoms with E-state index >= 15 is 0 Å². The molecule has 0 radical (unpaired) electrons. The molecule has 1 rings (SSSR count). The number of carbonyl (C=O) groups is 1.